The van der Waals surface area contributed by atoms with Gasteiger partial charge in [0.05, 0.1) is 5.02 Å². The number of halogens is 1. The zero-order valence-corrected chi connectivity index (χ0v) is 11.9. The molecule has 0 radical (unpaired) electrons. The standard InChI is InChI=1S/C13H14ClN3O3/c1-8(18)12-13(15-9(2)19)20-16-17(12)7-10-5-3-4-6-11(10)14/h3-6,8,18H,7H2,1-2H3/p+1. The Kier molecular flexibility index (Phi) is 4.36. The fraction of sp³-hybridized carbons (Fsp3) is 0.308. The Morgan fingerprint density at radius 3 is 2.85 bits per heavy atom. The van der Waals surface area contributed by atoms with E-state index in [1.165, 1.54) is 11.6 Å². The first kappa shape index (κ1) is 14.5. The number of hydrogen-bond donors (Lipinski definition) is 2. The quantitative estimate of drug-likeness (QED) is 0.841. The van der Waals surface area contributed by atoms with Crippen molar-refractivity contribution in [2.24, 2.45) is 0 Å². The van der Waals surface area contributed by atoms with Crippen LogP contribution in [-0.2, 0) is 11.3 Å². The average molecular weight is 297 g/mol. The van der Waals surface area contributed by atoms with Crippen molar-refractivity contribution in [3.05, 3.63) is 40.5 Å². The van der Waals surface area contributed by atoms with Gasteiger partial charge in [-0.25, -0.2) is 0 Å². The summed E-state index contributed by atoms with van der Waals surface area (Å²) >= 11 is 6.09. The van der Waals surface area contributed by atoms with Crippen molar-refractivity contribution in [3.8, 4) is 0 Å². The summed E-state index contributed by atoms with van der Waals surface area (Å²) in [5, 5.41) is 16.8. The van der Waals surface area contributed by atoms with Gasteiger partial charge in [0, 0.05) is 12.5 Å². The van der Waals surface area contributed by atoms with Gasteiger partial charge in [-0.1, -0.05) is 29.8 Å². The van der Waals surface area contributed by atoms with Crippen LogP contribution in [0.25, 0.3) is 0 Å². The number of anilines is 1. The maximum Gasteiger partial charge on any atom is 0.308 e. The van der Waals surface area contributed by atoms with Crippen molar-refractivity contribution in [2.75, 3.05) is 5.32 Å². The lowest BCUT2D eigenvalue weighted by atomic mass is 10.2. The van der Waals surface area contributed by atoms with Gasteiger partial charge in [-0.2, -0.15) is 0 Å². The summed E-state index contributed by atoms with van der Waals surface area (Å²) in [5.74, 6) is -0.160. The van der Waals surface area contributed by atoms with E-state index in [-0.39, 0.29) is 11.8 Å². The number of carbonyl (C=O) groups is 1. The Bertz CT molecular complexity index is 625. The molecule has 7 heteroatoms. The predicted molar refractivity (Wildman–Crippen MR) is 72.2 cm³/mol. The van der Waals surface area contributed by atoms with E-state index in [1.807, 2.05) is 18.2 Å². The molecule has 1 aromatic carbocycles. The van der Waals surface area contributed by atoms with E-state index in [0.717, 1.165) is 5.56 Å². The van der Waals surface area contributed by atoms with E-state index in [9.17, 15) is 9.90 Å². The monoisotopic (exact) mass is 296 g/mol. The molecule has 0 aliphatic rings. The second-order valence-corrected chi connectivity index (χ2v) is 4.80. The molecule has 0 aliphatic heterocycles. The summed E-state index contributed by atoms with van der Waals surface area (Å²) in [6.07, 6.45) is -0.842. The van der Waals surface area contributed by atoms with Gasteiger partial charge in [0.15, 0.2) is 0 Å². The van der Waals surface area contributed by atoms with Crippen molar-refractivity contribution < 1.29 is 19.1 Å². The summed E-state index contributed by atoms with van der Waals surface area (Å²) in [4.78, 5) is 11.1. The number of rotatable bonds is 4. The Morgan fingerprint density at radius 2 is 2.25 bits per heavy atom. The van der Waals surface area contributed by atoms with E-state index >= 15 is 0 Å². The van der Waals surface area contributed by atoms with Crippen LogP contribution in [0.3, 0.4) is 0 Å². The molecule has 1 heterocycles. The molecule has 2 aromatic rings. The molecule has 20 heavy (non-hydrogen) atoms. The molecule has 1 atom stereocenters. The van der Waals surface area contributed by atoms with Crippen LogP contribution in [0, 0.1) is 0 Å². The highest BCUT2D eigenvalue weighted by Gasteiger charge is 2.30. The summed E-state index contributed by atoms with van der Waals surface area (Å²) in [7, 11) is 0. The Hall–Kier alpha value is -1.92. The van der Waals surface area contributed by atoms with Crippen LogP contribution in [0.2, 0.25) is 5.02 Å². The molecule has 2 rings (SSSR count). The van der Waals surface area contributed by atoms with Gasteiger partial charge in [-0.15, -0.1) is 0 Å². The van der Waals surface area contributed by atoms with Crippen molar-refractivity contribution in [2.45, 2.75) is 26.5 Å². The highest BCUT2D eigenvalue weighted by Crippen LogP contribution is 2.20. The molecule has 0 saturated carbocycles. The van der Waals surface area contributed by atoms with Crippen LogP contribution in [-0.4, -0.2) is 16.3 Å². The zero-order chi connectivity index (χ0) is 14.7. The van der Waals surface area contributed by atoms with Crippen LogP contribution < -0.4 is 10.00 Å². The number of aromatic nitrogens is 2. The first-order valence-corrected chi connectivity index (χ1v) is 6.45. The SMILES string of the molecule is CC(=O)Nc1on[n+](Cc2ccccc2Cl)c1C(C)O. The molecule has 0 bridgehead atoms. The second-order valence-electron chi connectivity index (χ2n) is 4.39. The highest BCUT2D eigenvalue weighted by molar-refractivity contribution is 6.31. The van der Waals surface area contributed by atoms with Gasteiger partial charge < -0.3 is 5.11 Å². The molecule has 1 unspecified atom stereocenters. The van der Waals surface area contributed by atoms with Crippen LogP contribution in [0.5, 0.6) is 0 Å². The van der Waals surface area contributed by atoms with Crippen molar-refractivity contribution in [1.29, 1.82) is 0 Å². The van der Waals surface area contributed by atoms with Gasteiger partial charge >= 0.3 is 11.6 Å². The largest absolute Gasteiger partial charge is 0.382 e. The van der Waals surface area contributed by atoms with Crippen LogP contribution >= 0.6 is 11.6 Å². The minimum Gasteiger partial charge on any atom is -0.382 e. The van der Waals surface area contributed by atoms with Crippen molar-refractivity contribution >= 4 is 23.4 Å². The number of aliphatic hydroxyl groups is 1. The van der Waals surface area contributed by atoms with Crippen LogP contribution in [0.4, 0.5) is 5.88 Å². The number of nitrogens with zero attached hydrogens (tertiary/aromatic N) is 2. The van der Waals surface area contributed by atoms with Gasteiger partial charge in [-0.05, 0) is 17.7 Å². The van der Waals surface area contributed by atoms with Crippen molar-refractivity contribution in [1.82, 2.24) is 5.27 Å². The maximum absolute atomic E-state index is 11.1. The Balaban J connectivity index is 2.35. The number of benzene rings is 1. The molecular formula is C13H15ClN3O3+. The third kappa shape index (κ3) is 3.15. The van der Waals surface area contributed by atoms with E-state index < -0.39 is 6.10 Å². The predicted octanol–water partition coefficient (Wildman–Crippen LogP) is 1.68. The summed E-state index contributed by atoms with van der Waals surface area (Å²) in [6, 6.07) is 7.32. The lowest BCUT2D eigenvalue weighted by molar-refractivity contribution is -0.763. The second kappa shape index (κ2) is 6.02. The zero-order valence-electron chi connectivity index (χ0n) is 11.1. The molecule has 0 fully saturated rings. The number of carbonyl (C=O) groups excluding carboxylic acids is 1. The number of amides is 1. The lowest BCUT2D eigenvalue weighted by Crippen LogP contribution is -2.41. The van der Waals surface area contributed by atoms with Gasteiger partial charge in [0.2, 0.25) is 17.7 Å². The van der Waals surface area contributed by atoms with Gasteiger partial charge in [-0.3, -0.25) is 14.6 Å². The summed E-state index contributed by atoms with van der Waals surface area (Å²) < 4.78 is 6.53. The van der Waals surface area contributed by atoms with Crippen molar-refractivity contribution in [3.63, 3.8) is 0 Å². The summed E-state index contributed by atoms with van der Waals surface area (Å²) in [6.45, 7) is 3.26. The topological polar surface area (TPSA) is 79.2 Å². The van der Waals surface area contributed by atoms with E-state index in [4.69, 9.17) is 16.1 Å². The van der Waals surface area contributed by atoms with E-state index in [1.54, 1.807) is 13.0 Å². The normalized spacial score (nSPS) is 12.2. The third-order valence-electron chi connectivity index (χ3n) is 2.70. The molecule has 0 aliphatic carbocycles. The fourth-order valence-corrected chi connectivity index (χ4v) is 2.05. The van der Waals surface area contributed by atoms with Crippen LogP contribution in [0.15, 0.2) is 28.8 Å². The molecule has 1 aromatic heterocycles. The molecule has 106 valence electrons. The number of hydrogen-bond acceptors (Lipinski definition) is 4. The average Bonchev–Trinajstić information content (AvgIpc) is 2.74. The Morgan fingerprint density at radius 1 is 1.55 bits per heavy atom. The number of aliphatic hydroxyl groups excluding tert-OH is 1. The number of nitrogens with one attached hydrogen (secondary N) is 1. The first-order valence-electron chi connectivity index (χ1n) is 6.07. The van der Waals surface area contributed by atoms with E-state index in [0.29, 0.717) is 17.3 Å². The third-order valence-corrected chi connectivity index (χ3v) is 3.07. The van der Waals surface area contributed by atoms with Gasteiger partial charge in [0.1, 0.15) is 6.10 Å². The maximum atomic E-state index is 11.1. The van der Waals surface area contributed by atoms with E-state index in [2.05, 4.69) is 10.6 Å². The lowest BCUT2D eigenvalue weighted by Gasteiger charge is -2.01. The fourth-order valence-electron chi connectivity index (χ4n) is 1.85. The molecule has 0 spiro atoms. The first-order chi connectivity index (χ1) is 9.49. The van der Waals surface area contributed by atoms with Crippen LogP contribution in [0.1, 0.15) is 31.2 Å². The minimum atomic E-state index is -0.842. The summed E-state index contributed by atoms with van der Waals surface area (Å²) in [5.41, 5.74) is 1.23. The smallest absolute Gasteiger partial charge is 0.308 e. The molecule has 6 nitrogen and oxygen atoms in total. The Labute approximate surface area is 120 Å². The molecule has 1 amide bonds. The minimum absolute atomic E-state index is 0.138. The van der Waals surface area contributed by atoms with Gasteiger partial charge in [0.25, 0.3) is 0 Å². The highest BCUT2D eigenvalue weighted by atomic mass is 35.5. The molecule has 0 saturated heterocycles. The molecular weight excluding hydrogens is 282 g/mol. The molecule has 2 N–H and O–H groups in total.